The van der Waals surface area contributed by atoms with Gasteiger partial charge < -0.3 is 24.9 Å². The number of nitrogens with zero attached hydrogens (tertiary/aromatic N) is 1. The number of rotatable bonds is 7. The highest BCUT2D eigenvalue weighted by Crippen LogP contribution is 2.28. The number of nitrogens with one attached hydrogen (secondary N) is 1. The van der Waals surface area contributed by atoms with E-state index in [-0.39, 0.29) is 11.9 Å². The zero-order valence-electron chi connectivity index (χ0n) is 22.6. The van der Waals surface area contributed by atoms with Crippen molar-refractivity contribution in [2.24, 2.45) is 17.6 Å². The van der Waals surface area contributed by atoms with Crippen LogP contribution in [0.2, 0.25) is 0 Å². The van der Waals surface area contributed by atoms with E-state index < -0.39 is 0 Å². The number of ether oxygens (including phenoxy) is 2. The third kappa shape index (κ3) is 11.6. The molecule has 35 heavy (non-hydrogen) atoms. The van der Waals surface area contributed by atoms with Gasteiger partial charge in [-0.25, -0.2) is 4.98 Å². The van der Waals surface area contributed by atoms with Gasteiger partial charge in [0, 0.05) is 37.8 Å². The van der Waals surface area contributed by atoms with E-state index in [9.17, 15) is 4.79 Å². The van der Waals surface area contributed by atoms with Crippen molar-refractivity contribution in [1.82, 2.24) is 4.98 Å². The second kappa shape index (κ2) is 17.0. The Balaban J connectivity index is 0.000000429. The number of hydrogen-bond acceptors (Lipinski definition) is 7. The molecule has 0 aromatic carbocycles. The highest BCUT2D eigenvalue weighted by Gasteiger charge is 2.27. The largest absolute Gasteiger partial charge is 0.469 e. The van der Waals surface area contributed by atoms with Gasteiger partial charge in [0.2, 0.25) is 0 Å². The Hall–Kier alpha value is -2.56. The first kappa shape index (κ1) is 30.5. The van der Waals surface area contributed by atoms with Crippen molar-refractivity contribution in [2.75, 3.05) is 26.6 Å². The Morgan fingerprint density at radius 1 is 1.20 bits per heavy atom. The van der Waals surface area contributed by atoms with Crippen molar-refractivity contribution in [2.45, 2.75) is 84.7 Å². The number of hydrogen-bond donors (Lipinski definition) is 2. The van der Waals surface area contributed by atoms with Crippen LogP contribution >= 0.6 is 0 Å². The molecule has 2 aromatic heterocycles. The van der Waals surface area contributed by atoms with Gasteiger partial charge in [-0.15, -0.1) is 0 Å². The molecule has 0 radical (unpaired) electrons. The summed E-state index contributed by atoms with van der Waals surface area (Å²) in [4.78, 5) is 16.0. The maximum absolute atomic E-state index is 11.6. The summed E-state index contributed by atoms with van der Waals surface area (Å²) in [5.74, 6) is 7.97. The minimum atomic E-state index is -0.0917. The standard InChI is InChI=1S/C18H20N2O3.C8H19N.C2H6O/c1-3-4-15-9-13-10-17(19-11-16(13)23-15)20-14-7-5-12(6-8-14)18(21)22-2;1-4-8(9)6-5-7(2)3;1-3-2/h9-12,14H,5-8H2,1-2H3,(H,19,20);7-8H,4-6,9H2,1-3H3;1-2H3. The number of carbonyl (C=O) groups excluding carboxylic acids is 1. The summed E-state index contributed by atoms with van der Waals surface area (Å²) in [5.41, 5.74) is 6.46. The maximum Gasteiger partial charge on any atom is 0.308 e. The lowest BCUT2D eigenvalue weighted by atomic mass is 9.86. The molecular weight excluding hydrogens is 442 g/mol. The molecule has 7 heteroatoms. The summed E-state index contributed by atoms with van der Waals surface area (Å²) in [6.07, 6.45) is 8.90. The fourth-order valence-corrected chi connectivity index (χ4v) is 3.81. The summed E-state index contributed by atoms with van der Waals surface area (Å²) in [7, 11) is 4.70. The van der Waals surface area contributed by atoms with Crippen LogP contribution in [0.5, 0.6) is 0 Å². The number of methoxy groups -OCH3 is 2. The number of fused-ring (bicyclic) bond motifs is 1. The molecule has 2 heterocycles. The van der Waals surface area contributed by atoms with Crippen LogP contribution in [0.25, 0.3) is 11.0 Å². The van der Waals surface area contributed by atoms with E-state index in [0.717, 1.165) is 54.8 Å². The quantitative estimate of drug-likeness (QED) is 0.378. The van der Waals surface area contributed by atoms with E-state index in [2.05, 4.69) is 47.6 Å². The highest BCUT2D eigenvalue weighted by molar-refractivity contribution is 5.80. The Labute approximate surface area is 211 Å². The number of pyridine rings is 1. The SMILES string of the molecule is CC#Cc1cc2cc(NC3CCC(C(=O)OC)CC3)ncc2o1.CCC(N)CCC(C)C.COC. The van der Waals surface area contributed by atoms with Crippen LogP contribution in [0.1, 0.15) is 78.4 Å². The van der Waals surface area contributed by atoms with E-state index >= 15 is 0 Å². The minimum Gasteiger partial charge on any atom is -0.469 e. The van der Waals surface area contributed by atoms with Crippen LogP contribution in [0, 0.1) is 23.7 Å². The lowest BCUT2D eigenvalue weighted by Gasteiger charge is -2.27. The summed E-state index contributed by atoms with van der Waals surface area (Å²) in [6, 6.07) is 4.67. The van der Waals surface area contributed by atoms with Gasteiger partial charge in [-0.3, -0.25) is 4.79 Å². The lowest BCUT2D eigenvalue weighted by Crippen LogP contribution is -2.30. The second-order valence-electron chi connectivity index (χ2n) is 9.36. The molecule has 1 fully saturated rings. The number of nitrogens with two attached hydrogens (primary N) is 1. The first-order chi connectivity index (χ1) is 16.8. The Bertz CT molecular complexity index is 921. The summed E-state index contributed by atoms with van der Waals surface area (Å²) in [6.45, 7) is 8.40. The molecule has 1 aliphatic rings. The molecule has 0 amide bonds. The molecule has 0 spiro atoms. The molecule has 1 atom stereocenters. The molecular formula is C28H45N3O4. The van der Waals surface area contributed by atoms with Crippen LogP contribution in [0.3, 0.4) is 0 Å². The fraction of sp³-hybridized carbons (Fsp3) is 0.643. The Morgan fingerprint density at radius 3 is 2.40 bits per heavy atom. The van der Waals surface area contributed by atoms with Crippen LogP contribution in [0.4, 0.5) is 5.82 Å². The number of carbonyl (C=O) groups is 1. The second-order valence-corrected chi connectivity index (χ2v) is 9.36. The zero-order chi connectivity index (χ0) is 26.2. The third-order valence-electron chi connectivity index (χ3n) is 5.91. The van der Waals surface area contributed by atoms with Crippen molar-refractivity contribution >= 4 is 22.8 Å². The van der Waals surface area contributed by atoms with Gasteiger partial charge in [0.25, 0.3) is 0 Å². The van der Waals surface area contributed by atoms with Crippen LogP contribution in [-0.2, 0) is 14.3 Å². The average molecular weight is 488 g/mol. The van der Waals surface area contributed by atoms with Gasteiger partial charge in [0.05, 0.1) is 19.2 Å². The van der Waals surface area contributed by atoms with Crippen LogP contribution in [-0.4, -0.2) is 44.4 Å². The average Bonchev–Trinajstić information content (AvgIpc) is 3.25. The van der Waals surface area contributed by atoms with Gasteiger partial charge in [0.1, 0.15) is 5.82 Å². The molecule has 1 unspecified atom stereocenters. The lowest BCUT2D eigenvalue weighted by molar-refractivity contribution is -0.146. The van der Waals surface area contributed by atoms with Gasteiger partial charge in [0.15, 0.2) is 11.3 Å². The third-order valence-corrected chi connectivity index (χ3v) is 5.91. The minimum absolute atomic E-state index is 0.0394. The Morgan fingerprint density at radius 2 is 1.86 bits per heavy atom. The van der Waals surface area contributed by atoms with Crippen LogP contribution in [0.15, 0.2) is 22.7 Å². The van der Waals surface area contributed by atoms with Gasteiger partial charge in [-0.05, 0) is 69.8 Å². The van der Waals surface area contributed by atoms with E-state index in [1.54, 1.807) is 27.3 Å². The van der Waals surface area contributed by atoms with Gasteiger partial charge in [-0.2, -0.15) is 0 Å². The number of aromatic nitrogens is 1. The van der Waals surface area contributed by atoms with E-state index in [1.807, 2.05) is 12.1 Å². The fourth-order valence-electron chi connectivity index (χ4n) is 3.81. The Kier molecular flexibility index (Phi) is 14.8. The smallest absolute Gasteiger partial charge is 0.308 e. The van der Waals surface area contributed by atoms with Crippen molar-refractivity contribution in [3.8, 4) is 11.8 Å². The highest BCUT2D eigenvalue weighted by atomic mass is 16.5. The first-order valence-corrected chi connectivity index (χ1v) is 12.6. The summed E-state index contributed by atoms with van der Waals surface area (Å²) >= 11 is 0. The summed E-state index contributed by atoms with van der Waals surface area (Å²) < 4.78 is 14.7. The van der Waals surface area contributed by atoms with Crippen molar-refractivity contribution in [3.05, 3.63) is 24.1 Å². The predicted molar refractivity (Wildman–Crippen MR) is 143 cm³/mol. The molecule has 1 saturated carbocycles. The maximum atomic E-state index is 11.6. The van der Waals surface area contributed by atoms with E-state index in [0.29, 0.717) is 17.8 Å². The number of furan rings is 1. The van der Waals surface area contributed by atoms with E-state index in [4.69, 9.17) is 14.9 Å². The van der Waals surface area contributed by atoms with Crippen molar-refractivity contribution < 1.29 is 18.7 Å². The van der Waals surface area contributed by atoms with Gasteiger partial charge >= 0.3 is 5.97 Å². The topological polar surface area (TPSA) is 99.6 Å². The molecule has 1 aliphatic carbocycles. The van der Waals surface area contributed by atoms with Crippen molar-refractivity contribution in [3.63, 3.8) is 0 Å². The molecule has 0 saturated heterocycles. The monoisotopic (exact) mass is 487 g/mol. The molecule has 0 bridgehead atoms. The number of anilines is 1. The predicted octanol–water partition coefficient (Wildman–Crippen LogP) is 5.77. The zero-order valence-corrected chi connectivity index (χ0v) is 22.6. The molecule has 3 rings (SSSR count). The molecule has 196 valence electrons. The first-order valence-electron chi connectivity index (χ1n) is 12.6. The van der Waals surface area contributed by atoms with Crippen LogP contribution < -0.4 is 11.1 Å². The molecule has 3 N–H and O–H groups in total. The molecule has 0 aliphatic heterocycles. The van der Waals surface area contributed by atoms with E-state index in [1.165, 1.54) is 20.0 Å². The molecule has 2 aromatic rings. The normalized spacial score (nSPS) is 17.7. The van der Waals surface area contributed by atoms with Crippen molar-refractivity contribution in [1.29, 1.82) is 0 Å². The molecule has 7 nitrogen and oxygen atoms in total. The van der Waals surface area contributed by atoms with Gasteiger partial charge in [-0.1, -0.05) is 26.7 Å². The summed E-state index contributed by atoms with van der Waals surface area (Å²) in [5, 5.41) is 4.44. The number of esters is 1.